The highest BCUT2D eigenvalue weighted by Gasteiger charge is 2.34. The molecule has 1 heterocycles. The summed E-state index contributed by atoms with van der Waals surface area (Å²) in [5, 5.41) is 19.0. The molecule has 0 aromatic heterocycles. The van der Waals surface area contributed by atoms with Gasteiger partial charge in [0.15, 0.2) is 15.8 Å². The number of carbonyl (C=O) groups excluding carboxylic acids is 1. The lowest BCUT2D eigenvalue weighted by Crippen LogP contribution is -2.28. The lowest BCUT2D eigenvalue weighted by atomic mass is 10.1. The molecule has 2 N–H and O–H groups in total. The van der Waals surface area contributed by atoms with Gasteiger partial charge >= 0.3 is 0 Å². The van der Waals surface area contributed by atoms with Crippen molar-refractivity contribution in [2.45, 2.75) is 13.3 Å². The van der Waals surface area contributed by atoms with Gasteiger partial charge in [-0.15, -0.1) is 0 Å². The zero-order valence-corrected chi connectivity index (χ0v) is 14.5. The molecule has 2 aromatic carbocycles. The van der Waals surface area contributed by atoms with Gasteiger partial charge in [0.25, 0.3) is 5.91 Å². The van der Waals surface area contributed by atoms with Gasteiger partial charge in [0.2, 0.25) is 0 Å². The van der Waals surface area contributed by atoms with Crippen LogP contribution in [0.3, 0.4) is 0 Å². The third-order valence-corrected chi connectivity index (χ3v) is 5.01. The molecule has 3 rings (SSSR count). The number of aromatic hydroxyl groups is 2. The third-order valence-electron chi connectivity index (χ3n) is 3.70. The van der Waals surface area contributed by atoms with Crippen LogP contribution in [0.1, 0.15) is 18.1 Å². The summed E-state index contributed by atoms with van der Waals surface area (Å²) in [5.41, 5.74) is 2.48. The number of thiocarbonyl (C=S) groups is 1. The molecular weight excluding hydrogens is 342 g/mol. The zero-order valence-electron chi connectivity index (χ0n) is 12.9. The Balaban J connectivity index is 1.97. The Labute approximate surface area is 149 Å². The number of benzene rings is 2. The van der Waals surface area contributed by atoms with E-state index in [1.165, 1.54) is 23.9 Å². The van der Waals surface area contributed by atoms with E-state index in [1.54, 1.807) is 17.0 Å². The van der Waals surface area contributed by atoms with Gasteiger partial charge in [-0.2, -0.15) is 0 Å². The molecule has 0 bridgehead atoms. The van der Waals surface area contributed by atoms with E-state index in [1.807, 2.05) is 31.2 Å². The standard InChI is InChI=1S/C18H15NO3S2/c1-2-12-5-3-4-6-13(12)19-17(22)16(24-18(19)23)10-11-7-8-14(20)15(21)9-11/h3-10,20-21H,2H2,1H3. The molecule has 0 saturated carbocycles. The molecule has 0 radical (unpaired) electrons. The number of phenols is 2. The van der Waals surface area contributed by atoms with Crippen LogP contribution in [0.25, 0.3) is 6.08 Å². The SMILES string of the molecule is CCc1ccccc1N1C(=O)C(=Cc2ccc(O)c(O)c2)SC1=S. The zero-order chi connectivity index (χ0) is 17.3. The molecule has 0 atom stereocenters. The maximum Gasteiger partial charge on any atom is 0.270 e. The summed E-state index contributed by atoms with van der Waals surface area (Å²) in [4.78, 5) is 14.8. The molecule has 2 aromatic rings. The van der Waals surface area contributed by atoms with Crippen LogP contribution in [0.4, 0.5) is 5.69 Å². The number of aryl methyl sites for hydroxylation is 1. The quantitative estimate of drug-likeness (QED) is 0.493. The van der Waals surface area contributed by atoms with Gasteiger partial charge < -0.3 is 10.2 Å². The molecule has 0 spiro atoms. The topological polar surface area (TPSA) is 60.8 Å². The van der Waals surface area contributed by atoms with Crippen molar-refractivity contribution >= 4 is 46.0 Å². The first kappa shape index (κ1) is 16.5. The highest BCUT2D eigenvalue weighted by Crippen LogP contribution is 2.38. The summed E-state index contributed by atoms with van der Waals surface area (Å²) in [5.74, 6) is -0.606. The van der Waals surface area contributed by atoms with Crippen molar-refractivity contribution in [3.05, 3.63) is 58.5 Å². The minimum Gasteiger partial charge on any atom is -0.504 e. The molecule has 6 heteroatoms. The predicted molar refractivity (Wildman–Crippen MR) is 101 cm³/mol. The first-order valence-electron chi connectivity index (χ1n) is 7.39. The maximum atomic E-state index is 12.8. The van der Waals surface area contributed by atoms with Gasteiger partial charge in [-0.25, -0.2) is 0 Å². The van der Waals surface area contributed by atoms with Gasteiger partial charge in [0.1, 0.15) is 0 Å². The van der Waals surface area contributed by atoms with Crippen LogP contribution in [0.15, 0.2) is 47.4 Å². The minimum absolute atomic E-state index is 0.182. The van der Waals surface area contributed by atoms with Crippen LogP contribution in [0.2, 0.25) is 0 Å². The van der Waals surface area contributed by atoms with Crippen LogP contribution in [-0.2, 0) is 11.2 Å². The average Bonchev–Trinajstić information content (AvgIpc) is 2.85. The van der Waals surface area contributed by atoms with Crippen LogP contribution >= 0.6 is 24.0 Å². The van der Waals surface area contributed by atoms with E-state index in [0.717, 1.165) is 17.7 Å². The Morgan fingerprint density at radius 1 is 1.17 bits per heavy atom. The minimum atomic E-state index is -0.226. The van der Waals surface area contributed by atoms with Crippen LogP contribution in [0.5, 0.6) is 11.5 Å². The molecule has 1 saturated heterocycles. The first-order valence-corrected chi connectivity index (χ1v) is 8.61. The second-order valence-corrected chi connectivity index (χ2v) is 6.92. The summed E-state index contributed by atoms with van der Waals surface area (Å²) in [7, 11) is 0. The highest BCUT2D eigenvalue weighted by molar-refractivity contribution is 8.27. The smallest absolute Gasteiger partial charge is 0.270 e. The molecule has 1 aliphatic heterocycles. The monoisotopic (exact) mass is 357 g/mol. The largest absolute Gasteiger partial charge is 0.504 e. The Morgan fingerprint density at radius 2 is 1.92 bits per heavy atom. The number of thioether (sulfide) groups is 1. The number of phenolic OH excluding ortho intramolecular Hbond substituents is 2. The van der Waals surface area contributed by atoms with Gasteiger partial charge in [0.05, 0.1) is 10.6 Å². The summed E-state index contributed by atoms with van der Waals surface area (Å²) < 4.78 is 0.482. The van der Waals surface area contributed by atoms with Gasteiger partial charge in [-0.3, -0.25) is 9.69 Å². The highest BCUT2D eigenvalue weighted by atomic mass is 32.2. The molecule has 122 valence electrons. The molecular formula is C18H15NO3S2. The van der Waals surface area contributed by atoms with Gasteiger partial charge in [-0.05, 0) is 41.8 Å². The van der Waals surface area contributed by atoms with E-state index in [9.17, 15) is 15.0 Å². The van der Waals surface area contributed by atoms with E-state index >= 15 is 0 Å². The van der Waals surface area contributed by atoms with Crippen molar-refractivity contribution in [1.82, 2.24) is 0 Å². The molecule has 24 heavy (non-hydrogen) atoms. The number of hydrogen-bond acceptors (Lipinski definition) is 5. The molecule has 1 aliphatic rings. The molecule has 4 nitrogen and oxygen atoms in total. The Hall–Kier alpha value is -2.31. The number of amides is 1. The summed E-state index contributed by atoms with van der Waals surface area (Å²) in [6, 6.07) is 12.1. The number of rotatable bonds is 3. The van der Waals surface area contributed by atoms with Crippen LogP contribution < -0.4 is 4.90 Å². The van der Waals surface area contributed by atoms with Crippen LogP contribution in [-0.4, -0.2) is 20.4 Å². The van der Waals surface area contributed by atoms with Crippen molar-refractivity contribution in [1.29, 1.82) is 0 Å². The van der Waals surface area contributed by atoms with Crippen molar-refractivity contribution in [2.24, 2.45) is 0 Å². The number of anilines is 1. The van der Waals surface area contributed by atoms with E-state index in [-0.39, 0.29) is 17.4 Å². The van der Waals surface area contributed by atoms with Crippen molar-refractivity contribution in [3.63, 3.8) is 0 Å². The molecule has 0 aliphatic carbocycles. The summed E-state index contributed by atoms with van der Waals surface area (Å²) in [6.07, 6.45) is 2.46. The summed E-state index contributed by atoms with van der Waals surface area (Å²) >= 11 is 6.61. The number of hydrogen-bond donors (Lipinski definition) is 2. The maximum absolute atomic E-state index is 12.8. The van der Waals surface area contributed by atoms with Crippen molar-refractivity contribution in [2.75, 3.05) is 4.90 Å². The number of nitrogens with zero attached hydrogens (tertiary/aromatic N) is 1. The molecule has 0 unspecified atom stereocenters. The lowest BCUT2D eigenvalue weighted by Gasteiger charge is -2.18. The lowest BCUT2D eigenvalue weighted by molar-refractivity contribution is -0.113. The number of para-hydroxylation sites is 1. The Bertz CT molecular complexity index is 861. The normalized spacial score (nSPS) is 16.2. The second-order valence-electron chi connectivity index (χ2n) is 5.25. The predicted octanol–water partition coefficient (Wildman–Crippen LogP) is 4.07. The fourth-order valence-corrected chi connectivity index (χ4v) is 3.77. The van der Waals surface area contributed by atoms with E-state index in [0.29, 0.717) is 14.8 Å². The fourth-order valence-electron chi connectivity index (χ4n) is 2.48. The van der Waals surface area contributed by atoms with Gasteiger partial charge in [-0.1, -0.05) is 55.2 Å². The second kappa shape index (κ2) is 6.67. The van der Waals surface area contributed by atoms with E-state index in [4.69, 9.17) is 12.2 Å². The van der Waals surface area contributed by atoms with E-state index < -0.39 is 0 Å². The van der Waals surface area contributed by atoms with Crippen LogP contribution in [0, 0.1) is 0 Å². The number of carbonyl (C=O) groups is 1. The summed E-state index contributed by atoms with van der Waals surface area (Å²) in [6.45, 7) is 2.03. The van der Waals surface area contributed by atoms with E-state index in [2.05, 4.69) is 0 Å². The van der Waals surface area contributed by atoms with Crippen molar-refractivity contribution < 1.29 is 15.0 Å². The fraction of sp³-hybridized carbons (Fsp3) is 0.111. The average molecular weight is 357 g/mol. The molecule has 1 amide bonds. The third kappa shape index (κ3) is 3.02. The Kier molecular flexibility index (Phi) is 4.59. The van der Waals surface area contributed by atoms with Crippen molar-refractivity contribution in [3.8, 4) is 11.5 Å². The first-order chi connectivity index (χ1) is 11.5. The van der Waals surface area contributed by atoms with Gasteiger partial charge in [0, 0.05) is 0 Å². The Morgan fingerprint density at radius 3 is 2.62 bits per heavy atom. The molecule has 1 fully saturated rings.